The number of methoxy groups -OCH3 is 2. The van der Waals surface area contributed by atoms with Gasteiger partial charge in [-0.25, -0.2) is 4.98 Å². The number of ether oxygens (including phenoxy) is 3. The number of hydrogen-bond acceptors (Lipinski definition) is 8. The zero-order valence-electron chi connectivity index (χ0n) is 26.2. The minimum Gasteiger partial charge on any atom is -0.496 e. The zero-order valence-corrected chi connectivity index (χ0v) is 27.7. The Bertz CT molecular complexity index is 1680. The molecule has 3 heterocycles. The Morgan fingerprint density at radius 3 is 2.49 bits per heavy atom. The van der Waals surface area contributed by atoms with Crippen LogP contribution >= 0.6 is 23.2 Å². The quantitative estimate of drug-likeness (QED) is 0.170. The van der Waals surface area contributed by atoms with E-state index in [4.69, 9.17) is 42.4 Å². The second-order valence-corrected chi connectivity index (χ2v) is 12.1. The van der Waals surface area contributed by atoms with Crippen molar-refractivity contribution in [3.05, 3.63) is 82.0 Å². The van der Waals surface area contributed by atoms with Gasteiger partial charge in [-0.15, -0.1) is 0 Å². The summed E-state index contributed by atoms with van der Waals surface area (Å²) in [4.78, 5) is 24.0. The van der Waals surface area contributed by atoms with Gasteiger partial charge in [0.25, 0.3) is 0 Å². The van der Waals surface area contributed by atoms with Gasteiger partial charge in [-0.3, -0.25) is 14.7 Å². The fourth-order valence-corrected chi connectivity index (χ4v) is 6.32. The molecule has 1 fully saturated rings. The molecular weight excluding hydrogens is 611 g/mol. The summed E-state index contributed by atoms with van der Waals surface area (Å²) in [6.45, 7) is 6.53. The summed E-state index contributed by atoms with van der Waals surface area (Å²) in [5, 5.41) is 4.14. The second-order valence-electron chi connectivity index (χ2n) is 11.3. The number of carbonyl (C=O) groups is 1. The lowest BCUT2D eigenvalue weighted by Gasteiger charge is -2.19. The van der Waals surface area contributed by atoms with Crippen LogP contribution < -0.4 is 14.8 Å². The number of nitrogens with zero attached hydrogens (tertiary/aromatic N) is 3. The van der Waals surface area contributed by atoms with E-state index in [0.717, 1.165) is 52.1 Å². The van der Waals surface area contributed by atoms with Crippen molar-refractivity contribution in [3.63, 3.8) is 0 Å². The van der Waals surface area contributed by atoms with E-state index in [1.54, 1.807) is 20.4 Å². The molecule has 1 aliphatic rings. The number of benzene rings is 2. The Balaban J connectivity index is 1.41. The van der Waals surface area contributed by atoms with Gasteiger partial charge in [0, 0.05) is 59.2 Å². The standard InChI is InChI=1S/C35H38Cl2N4O4/c1-21(2)45-35(42)25-14-16-41(20-25)19-24-10-9-22(17-30(24)43-4)33-32(37)27(13-15-39-33)26-7-6-8-28(31(26)36)29-12-11-23(18-38-3)34(40-29)44-5/h6-13,15,17,21,25,38H,14,16,18-20H2,1-5H3/t25-/m1/s1. The number of carbonyl (C=O) groups excluding carboxylic acids is 1. The van der Waals surface area contributed by atoms with E-state index in [1.807, 2.05) is 75.5 Å². The van der Waals surface area contributed by atoms with Crippen molar-refractivity contribution < 1.29 is 19.0 Å². The highest BCUT2D eigenvalue weighted by Crippen LogP contribution is 2.42. The van der Waals surface area contributed by atoms with Crippen LogP contribution in [0.2, 0.25) is 10.0 Å². The molecule has 10 heteroatoms. The number of rotatable bonds is 11. The summed E-state index contributed by atoms with van der Waals surface area (Å²) >= 11 is 14.1. The molecule has 0 saturated carbocycles. The number of likely N-dealkylation sites (tertiary alicyclic amines) is 1. The number of pyridine rings is 2. The molecule has 0 aliphatic carbocycles. The number of esters is 1. The molecule has 2 aromatic heterocycles. The first-order valence-electron chi connectivity index (χ1n) is 15.0. The molecule has 1 N–H and O–H groups in total. The molecule has 4 aromatic rings. The third-order valence-electron chi connectivity index (χ3n) is 7.87. The highest BCUT2D eigenvalue weighted by atomic mass is 35.5. The van der Waals surface area contributed by atoms with Gasteiger partial charge in [0.2, 0.25) is 5.88 Å². The van der Waals surface area contributed by atoms with E-state index in [-0.39, 0.29) is 18.0 Å². The minimum absolute atomic E-state index is 0.107. The molecular formula is C35H38Cl2N4O4. The molecule has 2 aromatic carbocycles. The third-order valence-corrected chi connectivity index (χ3v) is 8.66. The van der Waals surface area contributed by atoms with E-state index >= 15 is 0 Å². The molecule has 0 radical (unpaired) electrons. The van der Waals surface area contributed by atoms with Crippen molar-refractivity contribution in [2.45, 2.75) is 39.5 Å². The summed E-state index contributed by atoms with van der Waals surface area (Å²) in [6, 6.07) is 17.6. The van der Waals surface area contributed by atoms with Crippen molar-refractivity contribution >= 4 is 29.2 Å². The van der Waals surface area contributed by atoms with Crippen LogP contribution in [0, 0.1) is 5.92 Å². The Kier molecular flexibility index (Phi) is 10.6. The molecule has 1 atom stereocenters. The molecule has 236 valence electrons. The van der Waals surface area contributed by atoms with Crippen LogP contribution in [0.5, 0.6) is 11.6 Å². The van der Waals surface area contributed by atoms with Crippen LogP contribution in [0.3, 0.4) is 0 Å². The number of nitrogens with one attached hydrogen (secondary N) is 1. The molecule has 0 bridgehead atoms. The summed E-state index contributed by atoms with van der Waals surface area (Å²) in [5.41, 5.74) is 6.41. The summed E-state index contributed by atoms with van der Waals surface area (Å²) in [6.07, 6.45) is 2.40. The first-order valence-corrected chi connectivity index (χ1v) is 15.7. The second kappa shape index (κ2) is 14.6. The van der Waals surface area contributed by atoms with Crippen LogP contribution in [-0.4, -0.2) is 61.3 Å². The van der Waals surface area contributed by atoms with Gasteiger partial charge in [-0.2, -0.15) is 0 Å². The maximum atomic E-state index is 12.4. The van der Waals surface area contributed by atoms with E-state index in [2.05, 4.69) is 15.2 Å². The average molecular weight is 650 g/mol. The van der Waals surface area contributed by atoms with Gasteiger partial charge < -0.3 is 19.5 Å². The average Bonchev–Trinajstić information content (AvgIpc) is 3.51. The molecule has 45 heavy (non-hydrogen) atoms. The Morgan fingerprint density at radius 2 is 1.76 bits per heavy atom. The lowest BCUT2D eigenvalue weighted by atomic mass is 9.99. The van der Waals surface area contributed by atoms with Gasteiger partial charge in [0.1, 0.15) is 5.75 Å². The number of halogens is 2. The molecule has 0 spiro atoms. The summed E-state index contributed by atoms with van der Waals surface area (Å²) < 4.78 is 16.8. The Hall–Kier alpha value is -3.69. The largest absolute Gasteiger partial charge is 0.496 e. The Morgan fingerprint density at radius 1 is 1.00 bits per heavy atom. The highest BCUT2D eigenvalue weighted by molar-refractivity contribution is 6.39. The van der Waals surface area contributed by atoms with Crippen molar-refractivity contribution in [1.29, 1.82) is 0 Å². The van der Waals surface area contributed by atoms with Gasteiger partial charge >= 0.3 is 5.97 Å². The van der Waals surface area contributed by atoms with E-state index < -0.39 is 0 Å². The van der Waals surface area contributed by atoms with Crippen LogP contribution in [0.15, 0.2) is 60.8 Å². The van der Waals surface area contributed by atoms with Crippen molar-refractivity contribution in [3.8, 4) is 45.3 Å². The lowest BCUT2D eigenvalue weighted by Crippen LogP contribution is -2.25. The van der Waals surface area contributed by atoms with Crippen LogP contribution in [0.25, 0.3) is 33.6 Å². The first-order chi connectivity index (χ1) is 21.7. The van der Waals surface area contributed by atoms with E-state index in [1.165, 1.54) is 0 Å². The predicted octanol–water partition coefficient (Wildman–Crippen LogP) is 7.29. The number of hydrogen-bond donors (Lipinski definition) is 1. The predicted molar refractivity (Wildman–Crippen MR) is 179 cm³/mol. The monoisotopic (exact) mass is 648 g/mol. The highest BCUT2D eigenvalue weighted by Gasteiger charge is 2.30. The van der Waals surface area contributed by atoms with Crippen molar-refractivity contribution in [2.24, 2.45) is 5.92 Å². The van der Waals surface area contributed by atoms with Crippen LogP contribution in [0.4, 0.5) is 0 Å². The molecule has 8 nitrogen and oxygen atoms in total. The molecule has 1 aliphatic heterocycles. The fourth-order valence-electron chi connectivity index (χ4n) is 5.67. The van der Waals surface area contributed by atoms with Gasteiger partial charge in [-0.1, -0.05) is 59.6 Å². The number of aromatic nitrogens is 2. The zero-order chi connectivity index (χ0) is 32.1. The summed E-state index contributed by atoms with van der Waals surface area (Å²) in [5.74, 6) is 1.04. The summed E-state index contributed by atoms with van der Waals surface area (Å²) in [7, 11) is 5.14. The van der Waals surface area contributed by atoms with Gasteiger partial charge in [0.05, 0.1) is 47.7 Å². The fraction of sp³-hybridized carbons (Fsp3) is 0.343. The van der Waals surface area contributed by atoms with E-state index in [0.29, 0.717) is 46.9 Å². The molecule has 5 rings (SSSR count). The Labute approximate surface area is 274 Å². The van der Waals surface area contributed by atoms with Crippen LogP contribution in [0.1, 0.15) is 31.4 Å². The maximum absolute atomic E-state index is 12.4. The first kappa shape index (κ1) is 32.7. The van der Waals surface area contributed by atoms with Gasteiger partial charge in [0.15, 0.2) is 0 Å². The van der Waals surface area contributed by atoms with E-state index in [9.17, 15) is 4.79 Å². The SMILES string of the molecule is CNCc1ccc(-c2cccc(-c3ccnc(-c4ccc(CN5CC[C@@H](C(=O)OC(C)C)C5)c(OC)c4)c3Cl)c2Cl)nc1OC. The maximum Gasteiger partial charge on any atom is 0.310 e. The molecule has 0 unspecified atom stereocenters. The lowest BCUT2D eigenvalue weighted by molar-refractivity contribution is -0.151. The minimum atomic E-state index is -0.125. The van der Waals surface area contributed by atoms with Gasteiger partial charge in [-0.05, 0) is 52.1 Å². The smallest absolute Gasteiger partial charge is 0.310 e. The van der Waals surface area contributed by atoms with Crippen LogP contribution in [-0.2, 0) is 22.6 Å². The van der Waals surface area contributed by atoms with Crippen molar-refractivity contribution in [2.75, 3.05) is 34.4 Å². The van der Waals surface area contributed by atoms with Crippen molar-refractivity contribution in [1.82, 2.24) is 20.2 Å². The third kappa shape index (κ3) is 7.25. The topological polar surface area (TPSA) is 85.8 Å². The normalized spacial score (nSPS) is 15.0. The molecule has 0 amide bonds. The molecule has 1 saturated heterocycles.